The third-order valence-corrected chi connectivity index (χ3v) is 6.31. The van der Waals surface area contributed by atoms with Gasteiger partial charge in [-0.25, -0.2) is 8.78 Å². The molecular formula is C19H16F2N4S. The minimum absolute atomic E-state index is 0.0507. The van der Waals surface area contributed by atoms with E-state index < -0.39 is 11.6 Å². The van der Waals surface area contributed by atoms with Crippen molar-refractivity contribution in [2.45, 2.75) is 33.2 Å². The van der Waals surface area contributed by atoms with Gasteiger partial charge in [-0.2, -0.15) is 0 Å². The molecule has 0 fully saturated rings. The fourth-order valence-electron chi connectivity index (χ4n) is 3.95. The van der Waals surface area contributed by atoms with Crippen LogP contribution >= 0.6 is 11.3 Å². The number of halogens is 2. The summed E-state index contributed by atoms with van der Waals surface area (Å²) in [6, 6.07) is 3.95. The molecule has 4 nitrogen and oxygen atoms in total. The number of aryl methyl sites for hydroxylation is 1. The molecule has 1 aliphatic heterocycles. The number of fused-ring (bicyclic) bond motifs is 5. The predicted octanol–water partition coefficient (Wildman–Crippen LogP) is 4.00. The number of hydrogen-bond donors (Lipinski definition) is 0. The van der Waals surface area contributed by atoms with Crippen LogP contribution in [0.5, 0.6) is 0 Å². The van der Waals surface area contributed by atoms with Crippen LogP contribution in [0.4, 0.5) is 8.78 Å². The number of nitrogens with zero attached hydrogens (tertiary/aromatic N) is 4. The maximum Gasteiger partial charge on any atom is 0.160 e. The molecule has 0 N–H and O–H groups in total. The fraction of sp³-hybridized carbons (Fsp3) is 0.316. The highest BCUT2D eigenvalue weighted by molar-refractivity contribution is 7.15. The Balaban J connectivity index is 1.84. The molecule has 0 spiro atoms. The van der Waals surface area contributed by atoms with Crippen LogP contribution in [-0.4, -0.2) is 20.5 Å². The summed E-state index contributed by atoms with van der Waals surface area (Å²) < 4.78 is 31.1. The van der Waals surface area contributed by atoms with Gasteiger partial charge >= 0.3 is 0 Å². The molecule has 1 atom stereocenters. The summed E-state index contributed by atoms with van der Waals surface area (Å²) >= 11 is 1.67. The number of aromatic nitrogens is 3. The van der Waals surface area contributed by atoms with Gasteiger partial charge in [0.15, 0.2) is 5.82 Å². The SMILES string of the molecule is Cc1nnc2n1-c1sc3c(c1C(c1c(F)cccc1F)=NC2)C[C@@H](C)C3. The van der Waals surface area contributed by atoms with Gasteiger partial charge < -0.3 is 0 Å². The van der Waals surface area contributed by atoms with Gasteiger partial charge in [-0.3, -0.25) is 9.56 Å². The van der Waals surface area contributed by atoms with E-state index in [-0.39, 0.29) is 12.1 Å². The maximum atomic E-state index is 14.6. The fourth-order valence-corrected chi connectivity index (χ4v) is 5.51. The van der Waals surface area contributed by atoms with E-state index in [0.29, 0.717) is 17.5 Å². The van der Waals surface area contributed by atoms with Crippen LogP contribution in [-0.2, 0) is 19.4 Å². The highest BCUT2D eigenvalue weighted by atomic mass is 32.1. The molecule has 0 bridgehead atoms. The van der Waals surface area contributed by atoms with Crippen LogP contribution in [0.2, 0.25) is 0 Å². The lowest BCUT2D eigenvalue weighted by molar-refractivity contribution is 0.579. The van der Waals surface area contributed by atoms with Gasteiger partial charge in [-0.05, 0) is 43.4 Å². The molecule has 3 heterocycles. The molecule has 132 valence electrons. The molecule has 3 aromatic rings. The molecule has 7 heteroatoms. The quantitative estimate of drug-likeness (QED) is 0.650. The second kappa shape index (κ2) is 5.54. The van der Waals surface area contributed by atoms with Crippen molar-refractivity contribution in [1.29, 1.82) is 0 Å². The Bertz CT molecular complexity index is 1060. The molecule has 0 amide bonds. The molecule has 2 aromatic heterocycles. The summed E-state index contributed by atoms with van der Waals surface area (Å²) in [5.74, 6) is 0.811. The molecule has 0 unspecified atom stereocenters. The summed E-state index contributed by atoms with van der Waals surface area (Å²) in [5, 5.41) is 9.31. The molecule has 1 aromatic carbocycles. The average Bonchev–Trinajstić information content (AvgIpc) is 3.19. The maximum absolute atomic E-state index is 14.6. The van der Waals surface area contributed by atoms with Crippen molar-refractivity contribution in [2.75, 3.05) is 0 Å². The summed E-state index contributed by atoms with van der Waals surface area (Å²) in [6.07, 6.45) is 1.88. The summed E-state index contributed by atoms with van der Waals surface area (Å²) in [7, 11) is 0. The first kappa shape index (κ1) is 15.8. The zero-order valence-corrected chi connectivity index (χ0v) is 15.2. The van der Waals surface area contributed by atoms with Gasteiger partial charge in [-0.1, -0.05) is 13.0 Å². The van der Waals surface area contributed by atoms with Crippen LogP contribution in [0.3, 0.4) is 0 Å². The third-order valence-electron chi connectivity index (χ3n) is 5.07. The van der Waals surface area contributed by atoms with Gasteiger partial charge in [0.25, 0.3) is 0 Å². The topological polar surface area (TPSA) is 43.1 Å². The van der Waals surface area contributed by atoms with Crippen molar-refractivity contribution < 1.29 is 8.78 Å². The van der Waals surface area contributed by atoms with E-state index in [9.17, 15) is 8.78 Å². The average molecular weight is 370 g/mol. The van der Waals surface area contributed by atoms with Crippen molar-refractivity contribution in [3.05, 3.63) is 63.0 Å². The number of hydrogen-bond acceptors (Lipinski definition) is 4. The second-order valence-corrected chi connectivity index (χ2v) is 8.04. The van der Waals surface area contributed by atoms with Crippen molar-refractivity contribution in [3.63, 3.8) is 0 Å². The Morgan fingerprint density at radius 3 is 2.65 bits per heavy atom. The highest BCUT2D eigenvalue weighted by Crippen LogP contribution is 2.43. The van der Waals surface area contributed by atoms with Crippen LogP contribution in [0, 0.1) is 24.5 Å². The molecule has 1 aliphatic carbocycles. The van der Waals surface area contributed by atoms with E-state index in [2.05, 4.69) is 22.1 Å². The zero-order chi connectivity index (χ0) is 18.0. The first-order valence-corrected chi connectivity index (χ1v) is 9.41. The van der Waals surface area contributed by atoms with Gasteiger partial charge in [-0.15, -0.1) is 21.5 Å². The number of rotatable bonds is 1. The van der Waals surface area contributed by atoms with E-state index in [1.54, 1.807) is 11.3 Å². The first-order chi connectivity index (χ1) is 12.5. The molecule has 0 radical (unpaired) electrons. The van der Waals surface area contributed by atoms with Gasteiger partial charge in [0.2, 0.25) is 0 Å². The molecular weight excluding hydrogens is 354 g/mol. The second-order valence-electron chi connectivity index (χ2n) is 6.96. The summed E-state index contributed by atoms with van der Waals surface area (Å²) in [4.78, 5) is 5.88. The van der Waals surface area contributed by atoms with Gasteiger partial charge in [0.05, 0.1) is 11.3 Å². The van der Waals surface area contributed by atoms with Crippen LogP contribution in [0.1, 0.15) is 40.1 Å². The van der Waals surface area contributed by atoms with E-state index in [4.69, 9.17) is 0 Å². The lowest BCUT2D eigenvalue weighted by atomic mass is 9.97. The molecule has 26 heavy (non-hydrogen) atoms. The monoisotopic (exact) mass is 370 g/mol. The van der Waals surface area contributed by atoms with Gasteiger partial charge in [0.1, 0.15) is 29.0 Å². The minimum Gasteiger partial charge on any atom is -0.276 e. The number of thiophene rings is 1. The van der Waals surface area contributed by atoms with Crippen molar-refractivity contribution in [3.8, 4) is 5.00 Å². The minimum atomic E-state index is -0.588. The lowest BCUT2D eigenvalue weighted by Gasteiger charge is -2.12. The van der Waals surface area contributed by atoms with E-state index in [0.717, 1.165) is 29.2 Å². The first-order valence-electron chi connectivity index (χ1n) is 8.59. The van der Waals surface area contributed by atoms with E-state index in [1.807, 2.05) is 11.5 Å². The van der Waals surface area contributed by atoms with Crippen LogP contribution < -0.4 is 0 Å². The number of benzene rings is 1. The predicted molar refractivity (Wildman–Crippen MR) is 96.2 cm³/mol. The molecule has 5 rings (SSSR count). The molecule has 0 saturated carbocycles. The molecule has 0 saturated heterocycles. The Morgan fingerprint density at radius 2 is 1.88 bits per heavy atom. The Kier molecular flexibility index (Phi) is 3.37. The number of aliphatic imine (C=N–C) groups is 1. The highest BCUT2D eigenvalue weighted by Gasteiger charge is 2.34. The van der Waals surface area contributed by atoms with Crippen molar-refractivity contribution in [1.82, 2.24) is 14.8 Å². The Hall–Kier alpha value is -2.41. The third kappa shape index (κ3) is 2.13. The van der Waals surface area contributed by atoms with Crippen LogP contribution in [0.25, 0.3) is 5.00 Å². The van der Waals surface area contributed by atoms with Crippen molar-refractivity contribution >= 4 is 17.0 Å². The Labute approximate surface area is 153 Å². The molecule has 2 aliphatic rings. The zero-order valence-electron chi connectivity index (χ0n) is 14.4. The summed E-state index contributed by atoms with van der Waals surface area (Å²) in [6.45, 7) is 4.34. The normalized spacial score (nSPS) is 18.2. The van der Waals surface area contributed by atoms with E-state index in [1.165, 1.54) is 28.6 Å². The van der Waals surface area contributed by atoms with Crippen molar-refractivity contribution in [2.24, 2.45) is 10.9 Å². The van der Waals surface area contributed by atoms with Gasteiger partial charge in [0, 0.05) is 10.4 Å². The van der Waals surface area contributed by atoms with Crippen LogP contribution in [0.15, 0.2) is 23.2 Å². The lowest BCUT2D eigenvalue weighted by Crippen LogP contribution is -2.12. The van der Waals surface area contributed by atoms with E-state index >= 15 is 0 Å². The smallest absolute Gasteiger partial charge is 0.160 e. The largest absolute Gasteiger partial charge is 0.276 e. The summed E-state index contributed by atoms with van der Waals surface area (Å²) in [5.41, 5.74) is 2.36. The Morgan fingerprint density at radius 1 is 1.12 bits per heavy atom. The standard InChI is InChI=1S/C19H16F2N4S/c1-9-6-11-14(7-9)26-19-16(11)18(17-12(20)4-3-5-13(17)21)22-8-15-24-23-10(2)25(15)19/h3-5,9H,6-8H2,1-2H3/t9-/m1/s1.